The van der Waals surface area contributed by atoms with Crippen LogP contribution >= 0.6 is 0 Å². The van der Waals surface area contributed by atoms with E-state index in [-0.39, 0.29) is 5.57 Å². The monoisotopic (exact) mass is 266 g/mol. The van der Waals surface area contributed by atoms with Gasteiger partial charge in [0.2, 0.25) is 4.75 Å². The van der Waals surface area contributed by atoms with Gasteiger partial charge in [-0.05, 0) is 13.8 Å². The zero-order valence-electron chi connectivity index (χ0n) is 9.37. The maximum Gasteiger partial charge on any atom is 0.328 e. The summed E-state index contributed by atoms with van der Waals surface area (Å²) in [6.45, 7) is 5.60. The second-order valence-electron chi connectivity index (χ2n) is 3.86. The van der Waals surface area contributed by atoms with E-state index in [9.17, 15) is 18.0 Å². The van der Waals surface area contributed by atoms with Crippen LogP contribution in [0.15, 0.2) is 12.2 Å². The van der Waals surface area contributed by atoms with Crippen LogP contribution in [0, 0.1) is 5.92 Å². The normalized spacial score (nSPS) is 16.9. The summed E-state index contributed by atoms with van der Waals surface area (Å²) >= 11 is 0. The molecule has 0 amide bonds. The lowest BCUT2D eigenvalue weighted by molar-refractivity contribution is -0.151. The Morgan fingerprint density at radius 2 is 1.76 bits per heavy atom. The first-order chi connectivity index (χ1) is 7.46. The fourth-order valence-electron chi connectivity index (χ4n) is 1.49. The van der Waals surface area contributed by atoms with E-state index in [1.165, 1.54) is 6.92 Å². The number of carbonyl (C=O) groups is 2. The molecule has 98 valence electrons. The molecule has 0 rings (SSSR count). The highest BCUT2D eigenvalue weighted by Crippen LogP contribution is 2.33. The summed E-state index contributed by atoms with van der Waals surface area (Å²) in [7, 11) is -5.11. The van der Waals surface area contributed by atoms with Gasteiger partial charge < -0.3 is 10.2 Å². The molecule has 0 aromatic rings. The molecule has 0 aliphatic rings. The van der Waals surface area contributed by atoms with Crippen molar-refractivity contribution in [3.8, 4) is 0 Å². The summed E-state index contributed by atoms with van der Waals surface area (Å²) in [4.78, 5) is 21.9. The molecule has 17 heavy (non-hydrogen) atoms. The predicted octanol–water partition coefficient (Wildman–Crippen LogP) is 0.385. The van der Waals surface area contributed by atoms with Crippen molar-refractivity contribution in [1.82, 2.24) is 0 Å². The van der Waals surface area contributed by atoms with E-state index in [1.54, 1.807) is 0 Å². The first-order valence-corrected chi connectivity index (χ1v) is 5.98. The second kappa shape index (κ2) is 4.84. The van der Waals surface area contributed by atoms with Gasteiger partial charge in [0.05, 0.1) is 5.92 Å². The summed E-state index contributed by atoms with van der Waals surface area (Å²) in [6, 6.07) is 0. The highest BCUT2D eigenvalue weighted by molar-refractivity contribution is 7.88. The summed E-state index contributed by atoms with van der Waals surface area (Å²) in [5.41, 5.74) is 0.137. The van der Waals surface area contributed by atoms with Crippen molar-refractivity contribution in [2.24, 2.45) is 5.92 Å². The van der Waals surface area contributed by atoms with Crippen molar-refractivity contribution >= 4 is 22.1 Å². The molecule has 0 aromatic heterocycles. The number of hydrogen-bond acceptors (Lipinski definition) is 4. The molecule has 0 saturated carbocycles. The molecule has 0 fully saturated rings. The Labute approximate surface area is 98.5 Å². The van der Waals surface area contributed by atoms with Gasteiger partial charge in [0.1, 0.15) is 0 Å². The molecule has 0 heterocycles. The van der Waals surface area contributed by atoms with Gasteiger partial charge in [-0.15, -0.1) is 6.58 Å². The zero-order valence-corrected chi connectivity index (χ0v) is 10.2. The van der Waals surface area contributed by atoms with E-state index >= 15 is 0 Å². The van der Waals surface area contributed by atoms with Gasteiger partial charge in [-0.2, -0.15) is 8.42 Å². The van der Waals surface area contributed by atoms with Gasteiger partial charge in [0.15, 0.2) is 0 Å². The Hall–Kier alpha value is -1.41. The summed E-state index contributed by atoms with van der Waals surface area (Å²) in [5, 5.41) is 17.8. The second-order valence-corrected chi connectivity index (χ2v) is 5.54. The van der Waals surface area contributed by atoms with Crippen LogP contribution in [0.4, 0.5) is 0 Å². The molecule has 3 N–H and O–H groups in total. The Morgan fingerprint density at radius 3 is 1.94 bits per heavy atom. The van der Waals surface area contributed by atoms with E-state index in [0.717, 1.165) is 6.92 Å². The molecule has 0 saturated heterocycles. The van der Waals surface area contributed by atoms with Gasteiger partial charge in [0, 0.05) is 6.42 Å². The number of rotatable bonds is 6. The number of allylic oxidation sites excluding steroid dienone is 1. The lowest BCUT2D eigenvalue weighted by Crippen LogP contribution is -2.54. The molecule has 7 nitrogen and oxygen atoms in total. The topological polar surface area (TPSA) is 129 Å². The van der Waals surface area contributed by atoms with E-state index in [4.69, 9.17) is 14.8 Å². The van der Waals surface area contributed by atoms with Crippen molar-refractivity contribution in [2.45, 2.75) is 25.0 Å². The molecule has 8 heteroatoms. The Kier molecular flexibility index (Phi) is 4.44. The first-order valence-electron chi connectivity index (χ1n) is 4.54. The molecule has 2 unspecified atom stereocenters. The molecule has 0 bridgehead atoms. The quantitative estimate of drug-likeness (QED) is 0.468. The van der Waals surface area contributed by atoms with Crippen LogP contribution in [0.3, 0.4) is 0 Å². The van der Waals surface area contributed by atoms with E-state index in [2.05, 4.69) is 6.58 Å². The van der Waals surface area contributed by atoms with Crippen LogP contribution in [-0.2, 0) is 19.7 Å². The lowest BCUT2D eigenvalue weighted by Gasteiger charge is -2.29. The van der Waals surface area contributed by atoms with Crippen LogP contribution < -0.4 is 0 Å². The van der Waals surface area contributed by atoms with Crippen LogP contribution in [0.2, 0.25) is 0 Å². The smallest absolute Gasteiger partial charge is 0.328 e. The molecular formula is C9H14O7S. The molecule has 2 atom stereocenters. The Bertz CT molecular complexity index is 450. The predicted molar refractivity (Wildman–Crippen MR) is 58.1 cm³/mol. The number of aliphatic carboxylic acids is 2. The van der Waals surface area contributed by atoms with Gasteiger partial charge in [-0.25, -0.2) is 0 Å². The average molecular weight is 266 g/mol. The number of carboxylic acid groups (broad SMARTS) is 2. The van der Waals surface area contributed by atoms with Crippen LogP contribution in [0.5, 0.6) is 0 Å². The van der Waals surface area contributed by atoms with Crippen LogP contribution in [0.1, 0.15) is 20.3 Å². The maximum absolute atomic E-state index is 11.2. The van der Waals surface area contributed by atoms with Gasteiger partial charge in [0.25, 0.3) is 10.1 Å². The minimum Gasteiger partial charge on any atom is -0.481 e. The molecule has 0 aliphatic carbocycles. The third-order valence-corrected chi connectivity index (χ3v) is 4.05. The van der Waals surface area contributed by atoms with E-state index in [1.807, 2.05) is 0 Å². The molecule has 0 spiro atoms. The third-order valence-electron chi connectivity index (χ3n) is 2.46. The minimum absolute atomic E-state index is 0.137. The average Bonchev–Trinajstić information content (AvgIpc) is 2.09. The first kappa shape index (κ1) is 15.6. The van der Waals surface area contributed by atoms with Gasteiger partial charge in [-0.1, -0.05) is 5.57 Å². The third kappa shape index (κ3) is 2.83. The van der Waals surface area contributed by atoms with Gasteiger partial charge in [-0.3, -0.25) is 14.1 Å². The van der Waals surface area contributed by atoms with Crippen LogP contribution in [-0.4, -0.2) is 39.9 Å². The fourth-order valence-corrected chi connectivity index (χ4v) is 2.68. The zero-order chi connectivity index (χ0) is 14.0. The Morgan fingerprint density at radius 1 is 1.35 bits per heavy atom. The highest BCUT2D eigenvalue weighted by Gasteiger charge is 2.57. The van der Waals surface area contributed by atoms with Crippen LogP contribution in [0.25, 0.3) is 0 Å². The highest BCUT2D eigenvalue weighted by atomic mass is 32.2. The molecule has 0 aromatic carbocycles. The van der Waals surface area contributed by atoms with E-state index in [0.29, 0.717) is 0 Å². The van der Waals surface area contributed by atoms with Crippen molar-refractivity contribution in [3.63, 3.8) is 0 Å². The fraction of sp³-hybridized carbons (Fsp3) is 0.556. The maximum atomic E-state index is 11.2. The van der Waals surface area contributed by atoms with Gasteiger partial charge >= 0.3 is 11.9 Å². The summed E-state index contributed by atoms with van der Waals surface area (Å²) in [5.74, 6) is -5.36. The summed E-state index contributed by atoms with van der Waals surface area (Å²) in [6.07, 6.45) is -0.672. The van der Waals surface area contributed by atoms with Crippen molar-refractivity contribution in [1.29, 1.82) is 0 Å². The lowest BCUT2D eigenvalue weighted by atomic mass is 9.87. The SMILES string of the molecule is C=C(C)CC(C(=O)O)(C(C)C(=O)O)S(=O)(=O)O. The number of hydrogen-bond donors (Lipinski definition) is 3. The van der Waals surface area contributed by atoms with Crippen molar-refractivity contribution < 1.29 is 32.8 Å². The molecule has 0 aliphatic heterocycles. The number of carboxylic acids is 2. The molecular weight excluding hydrogens is 252 g/mol. The largest absolute Gasteiger partial charge is 0.481 e. The van der Waals surface area contributed by atoms with Crippen molar-refractivity contribution in [3.05, 3.63) is 12.2 Å². The van der Waals surface area contributed by atoms with Crippen molar-refractivity contribution in [2.75, 3.05) is 0 Å². The summed E-state index contributed by atoms with van der Waals surface area (Å²) < 4.78 is 28.7. The Balaban J connectivity index is 6.02. The minimum atomic E-state index is -5.11. The van der Waals surface area contributed by atoms with E-state index < -0.39 is 39.1 Å². The molecule has 0 radical (unpaired) electrons. The standard InChI is InChI=1S/C9H14O7S/c1-5(2)4-9(8(12)13,17(14,15)16)6(3)7(10)11/h6H,1,4H2,2-3H3,(H,10,11)(H,12,13)(H,14,15,16).